The Morgan fingerprint density at radius 1 is 1.42 bits per heavy atom. The summed E-state index contributed by atoms with van der Waals surface area (Å²) < 4.78 is 0. The van der Waals surface area contributed by atoms with E-state index in [2.05, 4.69) is 31.0 Å². The number of thioether (sulfide) groups is 1. The molecule has 0 aromatic carbocycles. The number of hydrogen-bond donors (Lipinski definition) is 0. The van der Waals surface area contributed by atoms with Gasteiger partial charge in [-0.05, 0) is 23.8 Å². The molecule has 0 aliphatic rings. The number of pyridine rings is 1. The van der Waals surface area contributed by atoms with Crippen LogP contribution < -0.4 is 0 Å². The molecule has 0 atom stereocenters. The van der Waals surface area contributed by atoms with E-state index < -0.39 is 0 Å². The predicted octanol–water partition coefficient (Wildman–Crippen LogP) is 3.03. The molecule has 0 aliphatic heterocycles. The minimum Gasteiger partial charge on any atom is -0.261 e. The zero-order chi connectivity index (χ0) is 8.97. The average Bonchev–Trinajstić information content (AvgIpc) is 2.03. The molecule has 1 heterocycles. The molecular formula is C10H15NS. The summed E-state index contributed by atoms with van der Waals surface area (Å²) in [5.74, 6) is 1.07. The maximum absolute atomic E-state index is 4.24. The fraction of sp³-hybridized carbons (Fsp3) is 0.500. The van der Waals surface area contributed by atoms with Crippen molar-refractivity contribution in [2.45, 2.75) is 31.8 Å². The smallest absolute Gasteiger partial charge is 0.0372 e. The summed E-state index contributed by atoms with van der Waals surface area (Å²) in [7, 11) is 0. The van der Waals surface area contributed by atoms with Gasteiger partial charge in [-0.25, -0.2) is 0 Å². The van der Waals surface area contributed by atoms with E-state index in [0.717, 1.165) is 11.4 Å². The lowest BCUT2D eigenvalue weighted by Crippen LogP contribution is -1.90. The van der Waals surface area contributed by atoms with Crippen molar-refractivity contribution in [2.75, 3.05) is 0 Å². The molecule has 12 heavy (non-hydrogen) atoms. The molecule has 0 saturated carbocycles. The van der Waals surface area contributed by atoms with Crippen molar-refractivity contribution in [1.29, 1.82) is 0 Å². The normalized spacial score (nSPS) is 10.7. The van der Waals surface area contributed by atoms with Crippen molar-refractivity contribution in [3.8, 4) is 0 Å². The monoisotopic (exact) mass is 181 g/mol. The highest BCUT2D eigenvalue weighted by atomic mass is 32.2. The summed E-state index contributed by atoms with van der Waals surface area (Å²) in [5.41, 5.74) is 2.41. The van der Waals surface area contributed by atoms with Crippen LogP contribution in [0.1, 0.15) is 25.1 Å². The van der Waals surface area contributed by atoms with Crippen molar-refractivity contribution in [3.63, 3.8) is 0 Å². The fourth-order valence-electron chi connectivity index (χ4n) is 0.847. The molecule has 0 bridgehead atoms. The highest BCUT2D eigenvalue weighted by Gasteiger charge is 1.96. The minimum atomic E-state index is 0.700. The van der Waals surface area contributed by atoms with Crippen LogP contribution >= 0.6 is 11.8 Å². The van der Waals surface area contributed by atoms with Gasteiger partial charge in [0, 0.05) is 17.6 Å². The molecular weight excluding hydrogens is 166 g/mol. The quantitative estimate of drug-likeness (QED) is 0.711. The summed E-state index contributed by atoms with van der Waals surface area (Å²) >= 11 is 1.95. The lowest BCUT2D eigenvalue weighted by Gasteiger charge is -2.03. The highest BCUT2D eigenvalue weighted by molar-refractivity contribution is 7.99. The number of rotatable bonds is 3. The Labute approximate surface area is 78.6 Å². The standard InChI is InChI=1S/C10H15NS/c1-8(2)12-7-10-5-4-9(3)11-6-10/h4-6,8H,7H2,1-3H3. The first kappa shape index (κ1) is 9.59. The first-order valence-corrected chi connectivity index (χ1v) is 5.26. The van der Waals surface area contributed by atoms with Gasteiger partial charge in [0.1, 0.15) is 0 Å². The van der Waals surface area contributed by atoms with Crippen molar-refractivity contribution in [3.05, 3.63) is 29.6 Å². The number of nitrogens with zero attached hydrogens (tertiary/aromatic N) is 1. The third kappa shape index (κ3) is 3.26. The first-order chi connectivity index (χ1) is 5.68. The average molecular weight is 181 g/mol. The molecule has 2 heteroatoms. The van der Waals surface area contributed by atoms with Crippen molar-refractivity contribution >= 4 is 11.8 Å². The molecule has 0 amide bonds. The fourth-order valence-corrected chi connectivity index (χ4v) is 1.54. The lowest BCUT2D eigenvalue weighted by molar-refractivity contribution is 1.10. The van der Waals surface area contributed by atoms with E-state index in [-0.39, 0.29) is 0 Å². The van der Waals surface area contributed by atoms with E-state index in [1.165, 1.54) is 5.56 Å². The largest absolute Gasteiger partial charge is 0.261 e. The summed E-state index contributed by atoms with van der Waals surface area (Å²) in [6, 6.07) is 4.22. The summed E-state index contributed by atoms with van der Waals surface area (Å²) in [5, 5.41) is 0.700. The maximum Gasteiger partial charge on any atom is 0.0372 e. The van der Waals surface area contributed by atoms with Crippen LogP contribution in [-0.2, 0) is 5.75 Å². The molecule has 1 aromatic rings. The molecule has 0 unspecified atom stereocenters. The predicted molar refractivity (Wildman–Crippen MR) is 55.4 cm³/mol. The molecule has 66 valence electrons. The molecule has 0 N–H and O–H groups in total. The van der Waals surface area contributed by atoms with Gasteiger partial charge < -0.3 is 0 Å². The van der Waals surface area contributed by atoms with Crippen LogP contribution in [0.2, 0.25) is 0 Å². The molecule has 1 aromatic heterocycles. The van der Waals surface area contributed by atoms with Gasteiger partial charge in [-0.15, -0.1) is 0 Å². The Balaban J connectivity index is 2.48. The zero-order valence-corrected chi connectivity index (χ0v) is 8.69. The summed E-state index contributed by atoms with van der Waals surface area (Å²) in [4.78, 5) is 4.24. The summed E-state index contributed by atoms with van der Waals surface area (Å²) in [6.07, 6.45) is 1.96. The number of hydrogen-bond acceptors (Lipinski definition) is 2. The zero-order valence-electron chi connectivity index (χ0n) is 7.87. The molecule has 0 radical (unpaired) electrons. The Morgan fingerprint density at radius 2 is 2.17 bits per heavy atom. The van der Waals surface area contributed by atoms with Gasteiger partial charge >= 0.3 is 0 Å². The van der Waals surface area contributed by atoms with Gasteiger partial charge in [0.05, 0.1) is 0 Å². The second kappa shape index (κ2) is 4.51. The highest BCUT2D eigenvalue weighted by Crippen LogP contribution is 2.16. The van der Waals surface area contributed by atoms with Crippen LogP contribution in [-0.4, -0.2) is 10.2 Å². The first-order valence-electron chi connectivity index (χ1n) is 4.21. The molecule has 0 fully saturated rings. The molecule has 1 nitrogen and oxygen atoms in total. The molecule has 0 aliphatic carbocycles. The third-order valence-electron chi connectivity index (χ3n) is 1.56. The second-order valence-corrected chi connectivity index (χ2v) is 4.73. The van der Waals surface area contributed by atoms with Gasteiger partial charge in [0.15, 0.2) is 0 Å². The molecule has 0 saturated heterocycles. The Bertz CT molecular complexity index is 228. The van der Waals surface area contributed by atoms with E-state index in [4.69, 9.17) is 0 Å². The van der Waals surface area contributed by atoms with Crippen LogP contribution in [0, 0.1) is 6.92 Å². The third-order valence-corrected chi connectivity index (χ3v) is 2.72. The van der Waals surface area contributed by atoms with Gasteiger partial charge in [0.25, 0.3) is 0 Å². The second-order valence-electron chi connectivity index (χ2n) is 3.17. The Morgan fingerprint density at radius 3 is 2.67 bits per heavy atom. The van der Waals surface area contributed by atoms with E-state index in [1.807, 2.05) is 24.9 Å². The van der Waals surface area contributed by atoms with Crippen molar-refractivity contribution < 1.29 is 0 Å². The Kier molecular flexibility index (Phi) is 3.60. The minimum absolute atomic E-state index is 0.700. The SMILES string of the molecule is Cc1ccc(CSC(C)C)cn1. The molecule has 1 rings (SSSR count). The van der Waals surface area contributed by atoms with E-state index >= 15 is 0 Å². The van der Waals surface area contributed by atoms with Crippen molar-refractivity contribution in [1.82, 2.24) is 4.98 Å². The van der Waals surface area contributed by atoms with Crippen LogP contribution in [0.4, 0.5) is 0 Å². The number of aryl methyl sites for hydroxylation is 1. The summed E-state index contributed by atoms with van der Waals surface area (Å²) in [6.45, 7) is 6.44. The van der Waals surface area contributed by atoms with Crippen LogP contribution in [0.25, 0.3) is 0 Å². The van der Waals surface area contributed by atoms with Gasteiger partial charge in [0.2, 0.25) is 0 Å². The number of aromatic nitrogens is 1. The molecule has 0 spiro atoms. The van der Waals surface area contributed by atoms with E-state index in [1.54, 1.807) is 0 Å². The van der Waals surface area contributed by atoms with Gasteiger partial charge in [-0.2, -0.15) is 11.8 Å². The topological polar surface area (TPSA) is 12.9 Å². The lowest BCUT2D eigenvalue weighted by atomic mass is 10.3. The Hall–Kier alpha value is -0.500. The van der Waals surface area contributed by atoms with E-state index in [9.17, 15) is 0 Å². The maximum atomic E-state index is 4.24. The van der Waals surface area contributed by atoms with Crippen LogP contribution in [0.5, 0.6) is 0 Å². The van der Waals surface area contributed by atoms with Crippen molar-refractivity contribution in [2.24, 2.45) is 0 Å². The van der Waals surface area contributed by atoms with Gasteiger partial charge in [-0.3, -0.25) is 4.98 Å². The van der Waals surface area contributed by atoms with Crippen LogP contribution in [0.15, 0.2) is 18.3 Å². The van der Waals surface area contributed by atoms with Gasteiger partial charge in [-0.1, -0.05) is 19.9 Å². The van der Waals surface area contributed by atoms with E-state index in [0.29, 0.717) is 5.25 Å². The van der Waals surface area contributed by atoms with Crippen LogP contribution in [0.3, 0.4) is 0 Å².